The van der Waals surface area contributed by atoms with Crippen molar-refractivity contribution in [2.45, 2.75) is 0 Å². The summed E-state index contributed by atoms with van der Waals surface area (Å²) in [5.74, 6) is -0.807. The van der Waals surface area contributed by atoms with E-state index in [9.17, 15) is 9.18 Å². The third-order valence-electron chi connectivity index (χ3n) is 3.05. The Morgan fingerprint density at radius 3 is 2.45 bits per heavy atom. The fourth-order valence-electron chi connectivity index (χ4n) is 1.97. The molecule has 0 atom stereocenters. The standard InChI is InChI=1S/C18H12FNO2/c19-15-9-5-4-8-14(15)12-16-18(21)22-17(20-16)11-10-13-6-2-1-3-7-13/h1-12H/b11-10+,16-12-. The molecule has 1 aliphatic rings. The number of benzene rings is 2. The molecule has 0 aromatic heterocycles. The Kier molecular flexibility index (Phi) is 3.92. The molecular weight excluding hydrogens is 281 g/mol. The highest BCUT2D eigenvalue weighted by Crippen LogP contribution is 2.18. The Labute approximate surface area is 127 Å². The van der Waals surface area contributed by atoms with Crippen LogP contribution < -0.4 is 0 Å². The number of halogens is 1. The first-order valence-corrected chi connectivity index (χ1v) is 6.72. The number of cyclic esters (lactones) is 1. The molecule has 4 heteroatoms. The molecule has 0 radical (unpaired) electrons. The third kappa shape index (κ3) is 3.17. The van der Waals surface area contributed by atoms with Crippen molar-refractivity contribution in [2.24, 2.45) is 4.99 Å². The highest BCUT2D eigenvalue weighted by molar-refractivity contribution is 6.11. The third-order valence-corrected chi connectivity index (χ3v) is 3.05. The Bertz CT molecular complexity index is 792. The number of esters is 1. The molecule has 0 aliphatic carbocycles. The summed E-state index contributed by atoms with van der Waals surface area (Å²) < 4.78 is 18.6. The molecule has 0 N–H and O–H groups in total. The van der Waals surface area contributed by atoms with E-state index >= 15 is 0 Å². The summed E-state index contributed by atoms with van der Waals surface area (Å²) in [6.07, 6.45) is 4.77. The maximum Gasteiger partial charge on any atom is 0.363 e. The van der Waals surface area contributed by atoms with Crippen molar-refractivity contribution < 1.29 is 13.9 Å². The second kappa shape index (κ2) is 6.18. The van der Waals surface area contributed by atoms with Crippen molar-refractivity contribution in [1.29, 1.82) is 0 Å². The number of hydrogen-bond donors (Lipinski definition) is 0. The lowest BCUT2D eigenvalue weighted by atomic mass is 10.2. The van der Waals surface area contributed by atoms with Gasteiger partial charge in [0.15, 0.2) is 5.70 Å². The van der Waals surface area contributed by atoms with E-state index in [1.165, 1.54) is 12.1 Å². The zero-order valence-corrected chi connectivity index (χ0v) is 11.6. The van der Waals surface area contributed by atoms with Gasteiger partial charge >= 0.3 is 5.97 Å². The quantitative estimate of drug-likeness (QED) is 0.637. The van der Waals surface area contributed by atoms with Gasteiger partial charge in [-0.2, -0.15) is 0 Å². The number of nitrogens with zero attached hydrogens (tertiary/aromatic N) is 1. The van der Waals surface area contributed by atoms with Crippen molar-refractivity contribution in [3.05, 3.63) is 83.3 Å². The molecule has 0 amide bonds. The number of aliphatic imine (C=N–C) groups is 1. The van der Waals surface area contributed by atoms with Crippen LogP contribution in [0.2, 0.25) is 0 Å². The molecule has 1 aliphatic heterocycles. The van der Waals surface area contributed by atoms with Crippen molar-refractivity contribution in [3.63, 3.8) is 0 Å². The van der Waals surface area contributed by atoms with Crippen LogP contribution in [0.25, 0.3) is 12.2 Å². The van der Waals surface area contributed by atoms with Gasteiger partial charge < -0.3 is 4.74 Å². The highest BCUT2D eigenvalue weighted by Gasteiger charge is 2.21. The predicted octanol–water partition coefficient (Wildman–Crippen LogP) is 3.84. The predicted molar refractivity (Wildman–Crippen MR) is 83.4 cm³/mol. The second-order valence-corrected chi connectivity index (χ2v) is 4.63. The summed E-state index contributed by atoms with van der Waals surface area (Å²) in [7, 11) is 0. The van der Waals surface area contributed by atoms with Crippen molar-refractivity contribution >= 4 is 24.0 Å². The lowest BCUT2D eigenvalue weighted by Gasteiger charge is -1.95. The van der Waals surface area contributed by atoms with Gasteiger partial charge in [-0.25, -0.2) is 14.2 Å². The van der Waals surface area contributed by atoms with Gasteiger partial charge in [-0.15, -0.1) is 0 Å². The molecule has 0 unspecified atom stereocenters. The first-order valence-electron chi connectivity index (χ1n) is 6.72. The van der Waals surface area contributed by atoms with Gasteiger partial charge in [-0.1, -0.05) is 48.5 Å². The summed E-state index contributed by atoms with van der Waals surface area (Å²) in [5.41, 5.74) is 1.34. The zero-order chi connectivity index (χ0) is 15.4. The van der Waals surface area contributed by atoms with Crippen LogP contribution in [0.5, 0.6) is 0 Å². The molecule has 0 saturated carbocycles. The van der Waals surface area contributed by atoms with Gasteiger partial charge in [0.05, 0.1) is 0 Å². The van der Waals surface area contributed by atoms with E-state index in [0.29, 0.717) is 5.56 Å². The van der Waals surface area contributed by atoms with Crippen LogP contribution in [0.3, 0.4) is 0 Å². The molecule has 22 heavy (non-hydrogen) atoms. The molecule has 0 fully saturated rings. The van der Waals surface area contributed by atoms with Crippen LogP contribution >= 0.6 is 0 Å². The van der Waals surface area contributed by atoms with E-state index in [1.54, 1.807) is 30.4 Å². The Balaban J connectivity index is 1.83. The number of carbonyl (C=O) groups excluding carboxylic acids is 1. The van der Waals surface area contributed by atoms with Crippen LogP contribution in [0.1, 0.15) is 11.1 Å². The van der Waals surface area contributed by atoms with Gasteiger partial charge in [0.1, 0.15) is 5.82 Å². The largest absolute Gasteiger partial charge is 0.403 e. The van der Waals surface area contributed by atoms with E-state index in [4.69, 9.17) is 4.74 Å². The molecule has 108 valence electrons. The van der Waals surface area contributed by atoms with Crippen LogP contribution in [0.4, 0.5) is 4.39 Å². The van der Waals surface area contributed by atoms with E-state index in [0.717, 1.165) is 5.56 Å². The summed E-state index contributed by atoms with van der Waals surface area (Å²) in [6, 6.07) is 15.7. The molecule has 3 nitrogen and oxygen atoms in total. The highest BCUT2D eigenvalue weighted by atomic mass is 19.1. The molecule has 1 heterocycles. The van der Waals surface area contributed by atoms with Gasteiger partial charge in [-0.05, 0) is 23.8 Å². The molecule has 3 rings (SSSR count). The lowest BCUT2D eigenvalue weighted by Crippen LogP contribution is -2.01. The normalized spacial score (nSPS) is 16.1. The minimum Gasteiger partial charge on any atom is -0.403 e. The van der Waals surface area contributed by atoms with Crippen LogP contribution in [-0.2, 0) is 9.53 Å². The average molecular weight is 293 g/mol. The van der Waals surface area contributed by atoms with Gasteiger partial charge in [0, 0.05) is 11.6 Å². The van der Waals surface area contributed by atoms with E-state index in [2.05, 4.69) is 4.99 Å². The fourth-order valence-corrected chi connectivity index (χ4v) is 1.97. The van der Waals surface area contributed by atoms with E-state index < -0.39 is 11.8 Å². The number of hydrogen-bond acceptors (Lipinski definition) is 3. The SMILES string of the molecule is O=C1OC(/C=C/c2ccccc2)=NC/1=C\c1ccccc1F. The molecule has 0 spiro atoms. The summed E-state index contributed by atoms with van der Waals surface area (Å²) in [5, 5.41) is 0. The summed E-state index contributed by atoms with van der Waals surface area (Å²) in [6.45, 7) is 0. The topological polar surface area (TPSA) is 38.7 Å². The molecule has 0 saturated heterocycles. The number of ether oxygens (including phenoxy) is 1. The van der Waals surface area contributed by atoms with Crippen molar-refractivity contribution in [2.75, 3.05) is 0 Å². The van der Waals surface area contributed by atoms with Gasteiger partial charge in [0.25, 0.3) is 0 Å². The monoisotopic (exact) mass is 293 g/mol. The van der Waals surface area contributed by atoms with Crippen LogP contribution in [0.15, 0.2) is 71.4 Å². The maximum atomic E-state index is 13.6. The first-order chi connectivity index (χ1) is 10.7. The fraction of sp³-hybridized carbons (Fsp3) is 0. The molecule has 2 aromatic rings. The Morgan fingerprint density at radius 1 is 0.955 bits per heavy atom. The Morgan fingerprint density at radius 2 is 1.68 bits per heavy atom. The molecular formula is C18H12FNO2. The van der Waals surface area contributed by atoms with E-state index in [-0.39, 0.29) is 11.6 Å². The van der Waals surface area contributed by atoms with E-state index in [1.807, 2.05) is 30.3 Å². The second-order valence-electron chi connectivity index (χ2n) is 4.63. The zero-order valence-electron chi connectivity index (χ0n) is 11.6. The van der Waals surface area contributed by atoms with Crippen molar-refractivity contribution in [1.82, 2.24) is 0 Å². The van der Waals surface area contributed by atoms with Crippen molar-refractivity contribution in [3.8, 4) is 0 Å². The first kappa shape index (κ1) is 13.9. The Hall–Kier alpha value is -3.01. The number of rotatable bonds is 3. The maximum absolute atomic E-state index is 13.6. The minimum absolute atomic E-state index is 0.0813. The average Bonchev–Trinajstić information content (AvgIpc) is 2.89. The van der Waals surface area contributed by atoms with Crippen LogP contribution in [-0.4, -0.2) is 11.9 Å². The number of carbonyl (C=O) groups is 1. The summed E-state index contributed by atoms with van der Waals surface area (Å²) in [4.78, 5) is 15.8. The lowest BCUT2D eigenvalue weighted by molar-refractivity contribution is -0.129. The minimum atomic E-state index is -0.587. The molecule has 0 bridgehead atoms. The molecule has 2 aromatic carbocycles. The van der Waals surface area contributed by atoms with Gasteiger partial charge in [0.2, 0.25) is 5.90 Å². The van der Waals surface area contributed by atoms with Gasteiger partial charge in [-0.3, -0.25) is 0 Å². The smallest absolute Gasteiger partial charge is 0.363 e. The van der Waals surface area contributed by atoms with Crippen LogP contribution in [0, 0.1) is 5.82 Å². The summed E-state index contributed by atoms with van der Waals surface area (Å²) >= 11 is 0.